The van der Waals surface area contributed by atoms with Crippen LogP contribution in [0.25, 0.3) is 0 Å². The van der Waals surface area contributed by atoms with Gasteiger partial charge in [-0.1, -0.05) is 6.92 Å². The van der Waals surface area contributed by atoms with Crippen LogP contribution in [0.5, 0.6) is 0 Å². The molecule has 0 aliphatic heterocycles. The molecule has 0 amide bonds. The maximum Gasteiger partial charge on any atom is 0.131 e. The molecule has 1 rings (SSSR count). The van der Waals surface area contributed by atoms with E-state index in [1.807, 2.05) is 13.8 Å². The van der Waals surface area contributed by atoms with Crippen LogP contribution >= 0.6 is 0 Å². The average molecular weight is 251 g/mol. The molecule has 18 heavy (non-hydrogen) atoms. The molecule has 0 aliphatic carbocycles. The molecule has 0 fully saturated rings. The van der Waals surface area contributed by atoms with Gasteiger partial charge in [-0.2, -0.15) is 0 Å². The zero-order chi connectivity index (χ0) is 13.5. The van der Waals surface area contributed by atoms with Gasteiger partial charge >= 0.3 is 0 Å². The van der Waals surface area contributed by atoms with Crippen LogP contribution in [0.2, 0.25) is 0 Å². The molecule has 4 nitrogen and oxygen atoms in total. The van der Waals surface area contributed by atoms with Crippen molar-refractivity contribution in [1.29, 1.82) is 0 Å². The van der Waals surface area contributed by atoms with Crippen molar-refractivity contribution < 1.29 is 4.74 Å². The number of anilines is 1. The second-order valence-electron chi connectivity index (χ2n) is 4.62. The molecule has 4 heteroatoms. The summed E-state index contributed by atoms with van der Waals surface area (Å²) in [5.41, 5.74) is 3.56. The Morgan fingerprint density at radius 2 is 2.11 bits per heavy atom. The zero-order valence-electron chi connectivity index (χ0n) is 12.1. The van der Waals surface area contributed by atoms with Gasteiger partial charge in [-0.25, -0.2) is 4.98 Å². The number of rotatable bonds is 7. The molecular weight excluding hydrogens is 226 g/mol. The summed E-state index contributed by atoms with van der Waals surface area (Å²) in [7, 11) is 1.72. The van der Waals surface area contributed by atoms with Crippen LogP contribution in [-0.2, 0) is 11.3 Å². The van der Waals surface area contributed by atoms with E-state index in [1.165, 1.54) is 11.1 Å². The minimum Gasteiger partial charge on any atom is -0.380 e. The summed E-state index contributed by atoms with van der Waals surface area (Å²) in [4.78, 5) is 4.59. The van der Waals surface area contributed by atoms with Gasteiger partial charge in [-0.15, -0.1) is 0 Å². The third kappa shape index (κ3) is 4.27. The maximum absolute atomic E-state index is 5.25. The molecule has 0 aliphatic rings. The van der Waals surface area contributed by atoms with Crippen molar-refractivity contribution in [3.63, 3.8) is 0 Å². The summed E-state index contributed by atoms with van der Waals surface area (Å²) in [6.07, 6.45) is 0.180. The summed E-state index contributed by atoms with van der Waals surface area (Å²) in [6.45, 7) is 10.9. The number of hydrogen-bond donors (Lipinski definition) is 2. The molecule has 102 valence electrons. The van der Waals surface area contributed by atoms with E-state index in [0.717, 1.165) is 31.1 Å². The van der Waals surface area contributed by atoms with Crippen LogP contribution in [0.15, 0.2) is 6.07 Å². The summed E-state index contributed by atoms with van der Waals surface area (Å²) in [5.74, 6) is 0.970. The highest BCUT2D eigenvalue weighted by Crippen LogP contribution is 2.18. The lowest BCUT2D eigenvalue weighted by Gasteiger charge is -2.17. The first-order valence-electron chi connectivity index (χ1n) is 6.53. The van der Waals surface area contributed by atoms with E-state index >= 15 is 0 Å². The fourth-order valence-electron chi connectivity index (χ4n) is 1.81. The van der Waals surface area contributed by atoms with Crippen LogP contribution in [0.4, 0.5) is 5.82 Å². The minimum atomic E-state index is 0.180. The Kier molecular flexibility index (Phi) is 6.09. The van der Waals surface area contributed by atoms with Crippen molar-refractivity contribution in [2.24, 2.45) is 0 Å². The van der Waals surface area contributed by atoms with Crippen LogP contribution < -0.4 is 10.6 Å². The topological polar surface area (TPSA) is 46.2 Å². The molecule has 0 spiro atoms. The monoisotopic (exact) mass is 251 g/mol. The molecular formula is C14H25N3O. The highest BCUT2D eigenvalue weighted by Gasteiger charge is 2.09. The first kappa shape index (κ1) is 14.9. The van der Waals surface area contributed by atoms with Gasteiger partial charge in [0, 0.05) is 31.5 Å². The lowest BCUT2D eigenvalue weighted by Crippen LogP contribution is -2.21. The van der Waals surface area contributed by atoms with Gasteiger partial charge in [0.05, 0.1) is 6.10 Å². The molecule has 1 aromatic heterocycles. The Bertz CT molecular complexity index is 380. The minimum absolute atomic E-state index is 0.180. The number of nitrogens with zero attached hydrogens (tertiary/aromatic N) is 1. The van der Waals surface area contributed by atoms with E-state index in [4.69, 9.17) is 4.74 Å². The molecule has 1 unspecified atom stereocenters. The van der Waals surface area contributed by atoms with Gasteiger partial charge in [0.15, 0.2) is 0 Å². The van der Waals surface area contributed by atoms with Crippen LogP contribution in [-0.4, -0.2) is 31.3 Å². The summed E-state index contributed by atoms with van der Waals surface area (Å²) in [5, 5.41) is 6.73. The van der Waals surface area contributed by atoms with Crippen molar-refractivity contribution in [2.45, 2.75) is 40.3 Å². The Balaban J connectivity index is 2.85. The molecule has 0 saturated carbocycles. The lowest BCUT2D eigenvalue weighted by molar-refractivity contribution is 0.128. The first-order valence-corrected chi connectivity index (χ1v) is 6.53. The van der Waals surface area contributed by atoms with Crippen molar-refractivity contribution in [3.8, 4) is 0 Å². The summed E-state index contributed by atoms with van der Waals surface area (Å²) < 4.78 is 5.25. The molecule has 1 aromatic rings. The molecule has 0 aromatic carbocycles. The SMILES string of the molecule is CCNCc1c(C)cc(C)nc1NCC(C)OC. The third-order valence-corrected chi connectivity index (χ3v) is 2.99. The van der Waals surface area contributed by atoms with E-state index in [-0.39, 0.29) is 6.10 Å². The molecule has 2 N–H and O–H groups in total. The second kappa shape index (κ2) is 7.34. The quantitative estimate of drug-likeness (QED) is 0.780. The molecule has 0 bridgehead atoms. The molecule has 1 heterocycles. The predicted molar refractivity (Wildman–Crippen MR) is 76.1 cm³/mol. The normalized spacial score (nSPS) is 12.5. The maximum atomic E-state index is 5.25. The van der Waals surface area contributed by atoms with Crippen LogP contribution in [0, 0.1) is 13.8 Å². The van der Waals surface area contributed by atoms with Gasteiger partial charge in [0.2, 0.25) is 0 Å². The van der Waals surface area contributed by atoms with Crippen molar-refractivity contribution in [3.05, 3.63) is 22.9 Å². The number of pyridine rings is 1. The fourth-order valence-corrected chi connectivity index (χ4v) is 1.81. The fraction of sp³-hybridized carbons (Fsp3) is 0.643. The second-order valence-corrected chi connectivity index (χ2v) is 4.62. The number of aromatic nitrogens is 1. The molecule has 0 radical (unpaired) electrons. The van der Waals surface area contributed by atoms with Gasteiger partial charge < -0.3 is 15.4 Å². The third-order valence-electron chi connectivity index (χ3n) is 2.99. The van der Waals surface area contributed by atoms with E-state index < -0.39 is 0 Å². The Morgan fingerprint density at radius 1 is 1.39 bits per heavy atom. The van der Waals surface area contributed by atoms with Crippen molar-refractivity contribution >= 4 is 5.82 Å². The van der Waals surface area contributed by atoms with Gasteiger partial charge in [-0.05, 0) is 38.9 Å². The highest BCUT2D eigenvalue weighted by molar-refractivity contribution is 5.49. The lowest BCUT2D eigenvalue weighted by atomic mass is 10.1. The van der Waals surface area contributed by atoms with Gasteiger partial charge in [-0.3, -0.25) is 0 Å². The Labute approximate surface area is 110 Å². The van der Waals surface area contributed by atoms with Crippen molar-refractivity contribution in [2.75, 3.05) is 25.5 Å². The number of methoxy groups -OCH3 is 1. The number of aryl methyl sites for hydroxylation is 2. The summed E-state index contributed by atoms with van der Waals surface area (Å²) >= 11 is 0. The standard InChI is InChI=1S/C14H25N3O/c1-6-15-9-13-10(2)7-11(3)17-14(13)16-8-12(4)18-5/h7,12,15H,6,8-9H2,1-5H3,(H,16,17). The van der Waals surface area contributed by atoms with E-state index in [9.17, 15) is 0 Å². The van der Waals surface area contributed by atoms with Crippen LogP contribution in [0.1, 0.15) is 30.7 Å². The predicted octanol–water partition coefficient (Wildman–Crippen LogP) is 2.25. The summed E-state index contributed by atoms with van der Waals surface area (Å²) in [6, 6.07) is 2.12. The Morgan fingerprint density at radius 3 is 2.72 bits per heavy atom. The number of hydrogen-bond acceptors (Lipinski definition) is 4. The first-order chi connectivity index (χ1) is 8.58. The smallest absolute Gasteiger partial charge is 0.131 e. The number of nitrogens with one attached hydrogen (secondary N) is 2. The van der Waals surface area contributed by atoms with Crippen LogP contribution in [0.3, 0.4) is 0 Å². The van der Waals surface area contributed by atoms with Crippen molar-refractivity contribution in [1.82, 2.24) is 10.3 Å². The van der Waals surface area contributed by atoms with E-state index in [0.29, 0.717) is 0 Å². The van der Waals surface area contributed by atoms with E-state index in [2.05, 4.69) is 35.5 Å². The largest absolute Gasteiger partial charge is 0.380 e. The molecule has 1 atom stereocenters. The van der Waals surface area contributed by atoms with Gasteiger partial charge in [0.25, 0.3) is 0 Å². The number of ether oxygens (including phenoxy) is 1. The van der Waals surface area contributed by atoms with E-state index in [1.54, 1.807) is 7.11 Å². The molecule has 0 saturated heterocycles. The zero-order valence-corrected chi connectivity index (χ0v) is 12.1. The highest BCUT2D eigenvalue weighted by atomic mass is 16.5. The van der Waals surface area contributed by atoms with Gasteiger partial charge in [0.1, 0.15) is 5.82 Å². The average Bonchev–Trinajstić information content (AvgIpc) is 2.34. The Hall–Kier alpha value is -1.13.